The molecule has 6 heteroatoms. The van der Waals surface area contributed by atoms with Crippen LogP contribution in [0.5, 0.6) is 0 Å². The average Bonchev–Trinajstić information content (AvgIpc) is 2.65. The van der Waals surface area contributed by atoms with Gasteiger partial charge < -0.3 is 5.32 Å². The zero-order valence-corrected chi connectivity index (χ0v) is 16.9. The number of hydrazine groups is 1. The number of carbonyl (C=O) groups excluding carboxylic acids is 1. The number of rotatable bonds is 5. The van der Waals surface area contributed by atoms with E-state index in [1.54, 1.807) is 24.4 Å². The molecule has 1 heterocycles. The molecule has 28 heavy (non-hydrogen) atoms. The predicted octanol–water partition coefficient (Wildman–Crippen LogP) is 5.48. The highest BCUT2D eigenvalue weighted by Gasteiger charge is 2.23. The van der Waals surface area contributed by atoms with E-state index in [1.165, 1.54) is 0 Å². The number of urea groups is 1. The first-order chi connectivity index (χ1) is 13.3. The molecule has 0 fully saturated rings. The Morgan fingerprint density at radius 3 is 2.68 bits per heavy atom. The van der Waals surface area contributed by atoms with Crippen molar-refractivity contribution < 1.29 is 4.79 Å². The van der Waals surface area contributed by atoms with Crippen LogP contribution in [0.3, 0.4) is 0 Å². The molecule has 2 amide bonds. The maximum absolute atomic E-state index is 12.5. The molecule has 0 radical (unpaired) electrons. The summed E-state index contributed by atoms with van der Waals surface area (Å²) in [6, 6.07) is 14.9. The van der Waals surface area contributed by atoms with Crippen LogP contribution >= 0.6 is 11.6 Å². The number of hydrogen-bond acceptors (Lipinski definition) is 3. The van der Waals surface area contributed by atoms with Gasteiger partial charge in [0.1, 0.15) is 0 Å². The van der Waals surface area contributed by atoms with Gasteiger partial charge >= 0.3 is 6.03 Å². The molecule has 0 aliphatic carbocycles. The monoisotopic (exact) mass is 394 g/mol. The molecule has 0 spiro atoms. The van der Waals surface area contributed by atoms with Crippen LogP contribution in [-0.2, 0) is 5.54 Å². The lowest BCUT2D eigenvalue weighted by molar-refractivity contribution is 0.232. The second kappa shape index (κ2) is 7.90. The number of carbonyl (C=O) groups is 1. The summed E-state index contributed by atoms with van der Waals surface area (Å²) >= 11 is 6.01. The van der Waals surface area contributed by atoms with Gasteiger partial charge in [-0.05, 0) is 62.2 Å². The van der Waals surface area contributed by atoms with Gasteiger partial charge in [0.15, 0.2) is 0 Å². The average molecular weight is 395 g/mol. The summed E-state index contributed by atoms with van der Waals surface area (Å²) < 4.78 is 0. The Morgan fingerprint density at radius 1 is 1.14 bits per heavy atom. The van der Waals surface area contributed by atoms with E-state index >= 15 is 0 Å². The molecule has 0 aliphatic rings. The number of nitrogens with zero attached hydrogens (tertiary/aromatic N) is 1. The second-order valence-corrected chi connectivity index (χ2v) is 7.65. The highest BCUT2D eigenvalue weighted by molar-refractivity contribution is 6.31. The fraction of sp³-hybridized carbons (Fsp3) is 0.182. The van der Waals surface area contributed by atoms with Crippen molar-refractivity contribution in [1.29, 1.82) is 0 Å². The third-order valence-electron chi connectivity index (χ3n) is 4.52. The van der Waals surface area contributed by atoms with Crippen molar-refractivity contribution in [2.24, 2.45) is 0 Å². The lowest BCUT2D eigenvalue weighted by Crippen LogP contribution is -2.48. The second-order valence-electron chi connectivity index (χ2n) is 7.21. The minimum Gasteiger partial charge on any atom is -0.328 e. The first-order valence-corrected chi connectivity index (χ1v) is 9.29. The number of benzene rings is 2. The van der Waals surface area contributed by atoms with Gasteiger partial charge in [-0.1, -0.05) is 42.0 Å². The van der Waals surface area contributed by atoms with Gasteiger partial charge in [-0.15, -0.1) is 0 Å². The van der Waals surface area contributed by atoms with E-state index in [9.17, 15) is 4.79 Å². The van der Waals surface area contributed by atoms with Crippen LogP contribution in [0.15, 0.2) is 61.3 Å². The van der Waals surface area contributed by atoms with Crippen LogP contribution in [0, 0.1) is 0 Å². The first kappa shape index (κ1) is 19.7. The highest BCUT2D eigenvalue weighted by Crippen LogP contribution is 2.25. The van der Waals surface area contributed by atoms with E-state index in [2.05, 4.69) is 27.7 Å². The maximum atomic E-state index is 12.5. The Bertz CT molecular complexity index is 1050. The number of fused-ring (bicyclic) bond motifs is 1. The van der Waals surface area contributed by atoms with Crippen LogP contribution in [0.25, 0.3) is 16.5 Å². The van der Waals surface area contributed by atoms with Gasteiger partial charge in [0.05, 0.1) is 16.7 Å². The number of pyridine rings is 1. The van der Waals surface area contributed by atoms with Crippen molar-refractivity contribution in [1.82, 2.24) is 15.7 Å². The Hall–Kier alpha value is -3.05. The fourth-order valence-electron chi connectivity index (χ4n) is 2.92. The first-order valence-electron chi connectivity index (χ1n) is 8.91. The van der Waals surface area contributed by atoms with Gasteiger partial charge in [0.2, 0.25) is 0 Å². The van der Waals surface area contributed by atoms with E-state index in [1.807, 2.05) is 51.1 Å². The van der Waals surface area contributed by atoms with E-state index in [0.717, 1.165) is 33.3 Å². The molecule has 2 aromatic carbocycles. The molecule has 0 unspecified atom stereocenters. The molecule has 3 N–H and O–H groups in total. The Labute approximate surface area is 169 Å². The van der Waals surface area contributed by atoms with Crippen LogP contribution in [-0.4, -0.2) is 11.0 Å². The Balaban J connectivity index is 1.70. The van der Waals surface area contributed by atoms with Crippen molar-refractivity contribution in [2.45, 2.75) is 26.3 Å². The molecule has 3 aromatic rings. The summed E-state index contributed by atoms with van der Waals surface area (Å²) in [5, 5.41) is 4.46. The number of amides is 2. The summed E-state index contributed by atoms with van der Waals surface area (Å²) in [6.45, 7) is 9.85. The van der Waals surface area contributed by atoms with Crippen molar-refractivity contribution in [3.8, 4) is 0 Å². The summed E-state index contributed by atoms with van der Waals surface area (Å²) in [7, 11) is 0. The minimum atomic E-state index is -0.564. The highest BCUT2D eigenvalue weighted by atomic mass is 35.5. The van der Waals surface area contributed by atoms with Gasteiger partial charge in [0.25, 0.3) is 0 Å². The summed E-state index contributed by atoms with van der Waals surface area (Å²) in [5.41, 5.74) is 9.58. The summed E-state index contributed by atoms with van der Waals surface area (Å²) in [5.74, 6) is 0. The molecule has 144 valence electrons. The smallest absolute Gasteiger partial charge is 0.328 e. The molecule has 5 nitrogen and oxygen atoms in total. The van der Waals surface area contributed by atoms with Crippen molar-refractivity contribution in [3.05, 3.63) is 77.5 Å². The zero-order valence-electron chi connectivity index (χ0n) is 16.1. The van der Waals surface area contributed by atoms with Crippen molar-refractivity contribution in [3.63, 3.8) is 0 Å². The molecular weight excluding hydrogens is 372 g/mol. The quantitative estimate of drug-likeness (QED) is 0.502. The number of halogens is 1. The predicted molar refractivity (Wildman–Crippen MR) is 116 cm³/mol. The fourth-order valence-corrected chi connectivity index (χ4v) is 3.08. The SMILES string of the molecule is C=C(C)c1cccc(C(C)(C)NC(=O)NNc2ccnc3cc(Cl)ccc23)c1. The molecule has 0 saturated carbocycles. The van der Waals surface area contributed by atoms with E-state index in [0.29, 0.717) is 5.02 Å². The number of hydrogen-bond donors (Lipinski definition) is 3. The molecule has 0 atom stereocenters. The van der Waals surface area contributed by atoms with Gasteiger partial charge in [-0.3, -0.25) is 15.8 Å². The Morgan fingerprint density at radius 2 is 1.93 bits per heavy atom. The van der Waals surface area contributed by atoms with Crippen LogP contribution < -0.4 is 16.2 Å². The van der Waals surface area contributed by atoms with Crippen molar-refractivity contribution in [2.75, 3.05) is 5.43 Å². The lowest BCUT2D eigenvalue weighted by atomic mass is 9.92. The molecule has 0 bridgehead atoms. The largest absolute Gasteiger partial charge is 0.334 e. The van der Waals surface area contributed by atoms with E-state index in [-0.39, 0.29) is 6.03 Å². The normalized spacial score (nSPS) is 11.1. The number of aromatic nitrogens is 1. The standard InChI is InChI=1S/C22H23ClN4O/c1-14(2)15-6-5-7-16(12-15)22(3,4)25-21(28)27-26-19-10-11-24-20-13-17(23)8-9-18(19)20/h5-13H,1H2,2-4H3,(H,24,26)(H2,25,27,28). The molecule has 3 rings (SSSR count). The van der Waals surface area contributed by atoms with Gasteiger partial charge in [0, 0.05) is 16.6 Å². The minimum absolute atomic E-state index is 0.343. The third kappa shape index (κ3) is 4.43. The third-order valence-corrected chi connectivity index (χ3v) is 4.75. The maximum Gasteiger partial charge on any atom is 0.334 e. The summed E-state index contributed by atoms with van der Waals surface area (Å²) in [6.07, 6.45) is 1.66. The van der Waals surface area contributed by atoms with E-state index < -0.39 is 5.54 Å². The number of anilines is 1. The number of nitrogens with one attached hydrogen (secondary N) is 3. The zero-order chi connectivity index (χ0) is 20.3. The Kier molecular flexibility index (Phi) is 5.56. The summed E-state index contributed by atoms with van der Waals surface area (Å²) in [4.78, 5) is 16.8. The molecular formula is C22H23ClN4O. The van der Waals surface area contributed by atoms with Crippen molar-refractivity contribution >= 4 is 39.8 Å². The van der Waals surface area contributed by atoms with Crippen LogP contribution in [0.1, 0.15) is 31.9 Å². The molecule has 1 aromatic heterocycles. The van der Waals surface area contributed by atoms with Crippen LogP contribution in [0.2, 0.25) is 5.02 Å². The molecule has 0 aliphatic heterocycles. The lowest BCUT2D eigenvalue weighted by Gasteiger charge is -2.27. The molecule has 0 saturated heterocycles. The van der Waals surface area contributed by atoms with Gasteiger partial charge in [-0.25, -0.2) is 4.79 Å². The van der Waals surface area contributed by atoms with Crippen LogP contribution in [0.4, 0.5) is 10.5 Å². The van der Waals surface area contributed by atoms with E-state index in [4.69, 9.17) is 11.6 Å². The van der Waals surface area contributed by atoms with Gasteiger partial charge in [-0.2, -0.15) is 0 Å². The topological polar surface area (TPSA) is 66.1 Å². The number of allylic oxidation sites excluding steroid dienone is 1.